The van der Waals surface area contributed by atoms with Gasteiger partial charge in [-0.3, -0.25) is 4.79 Å². The molecule has 0 aliphatic carbocycles. The summed E-state index contributed by atoms with van der Waals surface area (Å²) in [5, 5.41) is -0.0958. The molecular formula is C15H17ClF3N3O3S. The van der Waals surface area contributed by atoms with Crippen LogP contribution in [0.3, 0.4) is 0 Å². The molecule has 2 aliphatic rings. The fourth-order valence-electron chi connectivity index (χ4n) is 3.21. The van der Waals surface area contributed by atoms with Crippen LogP contribution in [0.4, 0.5) is 19.0 Å². The molecule has 1 aromatic rings. The van der Waals surface area contributed by atoms with E-state index in [0.29, 0.717) is 32.6 Å². The molecule has 0 unspecified atom stereocenters. The molecule has 0 N–H and O–H groups in total. The lowest BCUT2D eigenvalue weighted by Gasteiger charge is -2.36. The summed E-state index contributed by atoms with van der Waals surface area (Å²) in [7, 11) is -3.13. The van der Waals surface area contributed by atoms with Crippen molar-refractivity contribution in [1.82, 2.24) is 9.88 Å². The lowest BCUT2D eigenvalue weighted by atomic mass is 10.1. The Kier molecular flexibility index (Phi) is 5.08. The molecule has 1 amide bonds. The highest BCUT2D eigenvalue weighted by atomic mass is 35.5. The number of sulfone groups is 1. The van der Waals surface area contributed by atoms with E-state index in [-0.39, 0.29) is 28.3 Å². The van der Waals surface area contributed by atoms with Crippen LogP contribution in [0.2, 0.25) is 5.02 Å². The molecule has 2 fully saturated rings. The van der Waals surface area contributed by atoms with Crippen LogP contribution in [-0.2, 0) is 20.8 Å². The van der Waals surface area contributed by atoms with Gasteiger partial charge in [0.1, 0.15) is 5.82 Å². The zero-order valence-electron chi connectivity index (χ0n) is 13.7. The van der Waals surface area contributed by atoms with E-state index in [1.807, 2.05) is 0 Å². The Bertz CT molecular complexity index is 808. The van der Waals surface area contributed by atoms with Crippen molar-refractivity contribution in [2.24, 2.45) is 5.92 Å². The molecule has 0 saturated carbocycles. The SMILES string of the molecule is O=C([C@H]1CCS(=O)(=O)C1)N1CCN(c2ncc(C(F)(F)F)cc2Cl)CC1. The second kappa shape index (κ2) is 6.88. The van der Waals surface area contributed by atoms with Crippen LogP contribution in [0.15, 0.2) is 12.3 Å². The minimum absolute atomic E-state index is 0.0362. The number of nitrogens with zero attached hydrogens (tertiary/aromatic N) is 3. The summed E-state index contributed by atoms with van der Waals surface area (Å²) in [4.78, 5) is 19.6. The summed E-state index contributed by atoms with van der Waals surface area (Å²) in [5.74, 6) is -0.515. The number of carbonyl (C=O) groups is 1. The van der Waals surface area contributed by atoms with Crippen LogP contribution in [-0.4, -0.2) is 61.9 Å². The molecular weight excluding hydrogens is 395 g/mol. The first kappa shape index (κ1) is 19.2. The molecule has 1 aromatic heterocycles. The van der Waals surface area contributed by atoms with Crippen LogP contribution in [0.1, 0.15) is 12.0 Å². The molecule has 3 rings (SSSR count). The number of halogens is 4. The summed E-state index contributed by atoms with van der Waals surface area (Å²) < 4.78 is 61.1. The highest BCUT2D eigenvalue weighted by Gasteiger charge is 2.37. The summed E-state index contributed by atoms with van der Waals surface area (Å²) >= 11 is 5.95. The van der Waals surface area contributed by atoms with Crippen LogP contribution in [0.25, 0.3) is 0 Å². The maximum atomic E-state index is 12.7. The predicted octanol–water partition coefficient (Wildman–Crippen LogP) is 1.84. The maximum absolute atomic E-state index is 12.7. The van der Waals surface area contributed by atoms with Gasteiger partial charge in [-0.05, 0) is 12.5 Å². The molecule has 0 radical (unpaired) electrons. The van der Waals surface area contributed by atoms with Crippen molar-refractivity contribution in [3.63, 3.8) is 0 Å². The van der Waals surface area contributed by atoms with Crippen LogP contribution < -0.4 is 4.90 Å². The molecule has 144 valence electrons. The molecule has 0 bridgehead atoms. The highest BCUT2D eigenvalue weighted by molar-refractivity contribution is 7.91. The van der Waals surface area contributed by atoms with Crippen molar-refractivity contribution in [1.29, 1.82) is 0 Å². The number of rotatable bonds is 2. The molecule has 1 atom stereocenters. The molecule has 0 spiro atoms. The first-order valence-electron chi connectivity index (χ1n) is 8.04. The number of carbonyl (C=O) groups excluding carboxylic acids is 1. The topological polar surface area (TPSA) is 70.6 Å². The van der Waals surface area contributed by atoms with Crippen LogP contribution >= 0.6 is 11.6 Å². The van der Waals surface area contributed by atoms with Gasteiger partial charge in [-0.15, -0.1) is 0 Å². The molecule has 0 aromatic carbocycles. The second-order valence-corrected chi connectivity index (χ2v) is 9.08. The first-order valence-corrected chi connectivity index (χ1v) is 10.2. The molecule has 26 heavy (non-hydrogen) atoms. The molecule has 2 aliphatic heterocycles. The fraction of sp³-hybridized carbons (Fsp3) is 0.600. The van der Waals surface area contributed by atoms with Gasteiger partial charge < -0.3 is 9.80 Å². The summed E-state index contributed by atoms with van der Waals surface area (Å²) in [6.07, 6.45) is -3.43. The fourth-order valence-corrected chi connectivity index (χ4v) is 5.22. The summed E-state index contributed by atoms with van der Waals surface area (Å²) in [6.45, 7) is 1.41. The largest absolute Gasteiger partial charge is 0.417 e. The number of alkyl halides is 3. The van der Waals surface area contributed by atoms with Crippen LogP contribution in [0, 0.1) is 5.92 Å². The zero-order valence-corrected chi connectivity index (χ0v) is 15.2. The highest BCUT2D eigenvalue weighted by Crippen LogP contribution is 2.33. The summed E-state index contributed by atoms with van der Waals surface area (Å²) in [5.41, 5.74) is -0.914. The third-order valence-electron chi connectivity index (χ3n) is 4.62. The number of hydrogen-bond donors (Lipinski definition) is 0. The van der Waals surface area contributed by atoms with Gasteiger partial charge >= 0.3 is 6.18 Å². The first-order chi connectivity index (χ1) is 12.1. The van der Waals surface area contributed by atoms with Crippen molar-refractivity contribution in [2.75, 3.05) is 42.6 Å². The van der Waals surface area contributed by atoms with Crippen molar-refractivity contribution < 1.29 is 26.4 Å². The summed E-state index contributed by atoms with van der Waals surface area (Å²) in [6, 6.07) is 0.838. The Hall–Kier alpha value is -1.55. The van der Waals surface area contributed by atoms with Gasteiger partial charge in [0, 0.05) is 32.4 Å². The predicted molar refractivity (Wildman–Crippen MR) is 89.8 cm³/mol. The average molecular weight is 412 g/mol. The number of hydrogen-bond acceptors (Lipinski definition) is 5. The van der Waals surface area contributed by atoms with E-state index in [2.05, 4.69) is 4.98 Å². The van der Waals surface area contributed by atoms with E-state index in [1.165, 1.54) is 0 Å². The minimum Gasteiger partial charge on any atom is -0.352 e. The van der Waals surface area contributed by atoms with Gasteiger partial charge in [-0.1, -0.05) is 11.6 Å². The normalized spacial score (nSPS) is 23.3. The van der Waals surface area contributed by atoms with Crippen LogP contribution in [0.5, 0.6) is 0 Å². The smallest absolute Gasteiger partial charge is 0.352 e. The quantitative estimate of drug-likeness (QED) is 0.742. The van der Waals surface area contributed by atoms with Crippen molar-refractivity contribution >= 4 is 33.2 Å². The molecule has 11 heteroatoms. The Morgan fingerprint density at radius 3 is 2.38 bits per heavy atom. The number of anilines is 1. The molecule has 6 nitrogen and oxygen atoms in total. The average Bonchev–Trinajstić information content (AvgIpc) is 2.93. The van der Waals surface area contributed by atoms with E-state index in [4.69, 9.17) is 11.6 Å². The van der Waals surface area contributed by atoms with E-state index in [9.17, 15) is 26.4 Å². The number of piperazine rings is 1. The molecule has 2 saturated heterocycles. The number of pyridine rings is 1. The van der Waals surface area contributed by atoms with Gasteiger partial charge in [-0.2, -0.15) is 13.2 Å². The van der Waals surface area contributed by atoms with E-state index >= 15 is 0 Å². The Balaban J connectivity index is 1.63. The second-order valence-electron chi connectivity index (χ2n) is 6.44. The van der Waals surface area contributed by atoms with Crippen molar-refractivity contribution in [2.45, 2.75) is 12.6 Å². The van der Waals surface area contributed by atoms with Gasteiger partial charge in [0.05, 0.1) is 28.0 Å². The van der Waals surface area contributed by atoms with E-state index in [1.54, 1.807) is 9.80 Å². The Morgan fingerprint density at radius 2 is 1.88 bits per heavy atom. The molecule has 3 heterocycles. The van der Waals surface area contributed by atoms with Crippen molar-refractivity contribution in [3.05, 3.63) is 22.8 Å². The van der Waals surface area contributed by atoms with E-state index in [0.717, 1.165) is 12.3 Å². The standard InChI is InChI=1S/C15H17ClF3N3O3S/c16-12-7-11(15(17,18)19)8-20-13(12)21-2-4-22(5-3-21)14(23)10-1-6-26(24,25)9-10/h7-8,10H,1-6,9H2/t10-/m0/s1. The minimum atomic E-state index is -4.51. The number of aromatic nitrogens is 1. The Morgan fingerprint density at radius 1 is 1.23 bits per heavy atom. The maximum Gasteiger partial charge on any atom is 0.417 e. The lowest BCUT2D eigenvalue weighted by Crippen LogP contribution is -2.50. The zero-order chi connectivity index (χ0) is 19.1. The van der Waals surface area contributed by atoms with Gasteiger partial charge in [0.2, 0.25) is 5.91 Å². The Labute approximate surface area is 153 Å². The van der Waals surface area contributed by atoms with E-state index < -0.39 is 27.5 Å². The third-order valence-corrected chi connectivity index (χ3v) is 6.67. The monoisotopic (exact) mass is 411 g/mol. The lowest BCUT2D eigenvalue weighted by molar-refractivity contribution is -0.138. The van der Waals surface area contributed by atoms with Gasteiger partial charge in [-0.25, -0.2) is 13.4 Å². The van der Waals surface area contributed by atoms with Crippen molar-refractivity contribution in [3.8, 4) is 0 Å². The van der Waals surface area contributed by atoms with Gasteiger partial charge in [0.25, 0.3) is 0 Å². The third kappa shape index (κ3) is 4.06. The number of amides is 1. The van der Waals surface area contributed by atoms with Gasteiger partial charge in [0.15, 0.2) is 9.84 Å².